The monoisotopic (exact) mass is 397 g/mol. The van der Waals surface area contributed by atoms with Crippen molar-refractivity contribution in [2.24, 2.45) is 5.16 Å². The standard InChI is InChI=1S/C21H23N3O5/c1-27-18-10-5-7-15(21(18)28-2)13-22-29-14-19(25)23-16-8-3-4-9-17(16)24-12-6-11-20(24)26/h3-5,7-10,13H,6,11-12,14H2,1-2H3,(H,23,25)/b22-13+. The van der Waals surface area contributed by atoms with Gasteiger partial charge in [-0.1, -0.05) is 23.4 Å². The molecule has 0 bridgehead atoms. The van der Waals surface area contributed by atoms with Crippen LogP contribution in [0, 0.1) is 0 Å². The van der Waals surface area contributed by atoms with E-state index < -0.39 is 0 Å². The number of methoxy groups -OCH3 is 2. The van der Waals surface area contributed by atoms with Crippen LogP contribution >= 0.6 is 0 Å². The molecule has 1 N–H and O–H groups in total. The van der Waals surface area contributed by atoms with E-state index in [-0.39, 0.29) is 18.4 Å². The van der Waals surface area contributed by atoms with Gasteiger partial charge in [0.05, 0.1) is 31.8 Å². The van der Waals surface area contributed by atoms with Crippen LogP contribution in [-0.2, 0) is 14.4 Å². The van der Waals surface area contributed by atoms with Crippen molar-refractivity contribution in [3.63, 3.8) is 0 Å². The SMILES string of the molecule is COc1cccc(/C=N/OCC(=O)Nc2ccccc2N2CCCC2=O)c1OC. The van der Waals surface area contributed by atoms with Crippen LogP contribution < -0.4 is 19.7 Å². The zero-order valence-electron chi connectivity index (χ0n) is 16.4. The summed E-state index contributed by atoms with van der Waals surface area (Å²) >= 11 is 0. The summed E-state index contributed by atoms with van der Waals surface area (Å²) in [6, 6.07) is 12.6. The smallest absolute Gasteiger partial charge is 0.265 e. The molecule has 1 saturated heterocycles. The summed E-state index contributed by atoms with van der Waals surface area (Å²) in [5, 5.41) is 6.60. The number of amides is 2. The summed E-state index contributed by atoms with van der Waals surface area (Å²) in [5.74, 6) is 0.775. The first-order valence-electron chi connectivity index (χ1n) is 9.19. The van der Waals surface area contributed by atoms with Crippen LogP contribution in [0.25, 0.3) is 0 Å². The molecule has 152 valence electrons. The number of nitrogens with zero attached hydrogens (tertiary/aromatic N) is 2. The molecule has 2 aromatic rings. The molecular formula is C21H23N3O5. The molecule has 2 aromatic carbocycles. The van der Waals surface area contributed by atoms with E-state index in [1.165, 1.54) is 13.3 Å². The maximum Gasteiger partial charge on any atom is 0.265 e. The van der Waals surface area contributed by atoms with Crippen LogP contribution in [0.4, 0.5) is 11.4 Å². The number of anilines is 2. The minimum absolute atomic E-state index is 0.0554. The van der Waals surface area contributed by atoms with E-state index in [4.69, 9.17) is 14.3 Å². The Labute approximate surface area is 169 Å². The fourth-order valence-corrected chi connectivity index (χ4v) is 3.11. The first-order chi connectivity index (χ1) is 14.1. The highest BCUT2D eigenvalue weighted by molar-refractivity contribution is 6.02. The second-order valence-corrected chi connectivity index (χ2v) is 6.30. The fraction of sp³-hybridized carbons (Fsp3) is 0.286. The summed E-state index contributed by atoms with van der Waals surface area (Å²) in [6.45, 7) is 0.375. The third-order valence-corrected chi connectivity index (χ3v) is 4.44. The second-order valence-electron chi connectivity index (χ2n) is 6.30. The summed E-state index contributed by atoms with van der Waals surface area (Å²) in [4.78, 5) is 31.0. The van der Waals surface area contributed by atoms with Crippen LogP contribution in [0.3, 0.4) is 0 Å². The van der Waals surface area contributed by atoms with E-state index >= 15 is 0 Å². The first kappa shape index (κ1) is 20.2. The number of nitrogens with one attached hydrogen (secondary N) is 1. The van der Waals surface area contributed by atoms with Crippen LogP contribution in [0.2, 0.25) is 0 Å². The van der Waals surface area contributed by atoms with Gasteiger partial charge in [-0.2, -0.15) is 0 Å². The van der Waals surface area contributed by atoms with Gasteiger partial charge < -0.3 is 24.5 Å². The predicted octanol–water partition coefficient (Wildman–Crippen LogP) is 2.82. The second kappa shape index (κ2) is 9.59. The molecule has 0 saturated carbocycles. The Morgan fingerprint density at radius 1 is 1.17 bits per heavy atom. The normalized spacial score (nSPS) is 13.6. The molecule has 0 aliphatic carbocycles. The summed E-state index contributed by atoms with van der Waals surface area (Å²) in [6.07, 6.45) is 2.78. The number of rotatable bonds is 8. The average molecular weight is 397 g/mol. The molecule has 0 unspecified atom stereocenters. The summed E-state index contributed by atoms with van der Waals surface area (Å²) in [5.41, 5.74) is 1.91. The molecule has 3 rings (SSSR count). The number of hydrogen-bond donors (Lipinski definition) is 1. The van der Waals surface area contributed by atoms with Crippen molar-refractivity contribution in [1.29, 1.82) is 0 Å². The van der Waals surface area contributed by atoms with Crippen molar-refractivity contribution in [2.75, 3.05) is 37.6 Å². The Bertz CT molecular complexity index is 913. The van der Waals surface area contributed by atoms with E-state index in [1.807, 2.05) is 12.1 Å². The van der Waals surface area contributed by atoms with Gasteiger partial charge in [0.1, 0.15) is 0 Å². The molecule has 0 aromatic heterocycles. The summed E-state index contributed by atoms with van der Waals surface area (Å²) < 4.78 is 10.5. The van der Waals surface area contributed by atoms with Gasteiger partial charge in [-0.15, -0.1) is 0 Å². The molecule has 29 heavy (non-hydrogen) atoms. The Hall–Kier alpha value is -3.55. The molecule has 8 heteroatoms. The van der Waals surface area contributed by atoms with Crippen molar-refractivity contribution < 1.29 is 23.9 Å². The average Bonchev–Trinajstić information content (AvgIpc) is 3.17. The van der Waals surface area contributed by atoms with E-state index in [0.29, 0.717) is 41.4 Å². The zero-order valence-corrected chi connectivity index (χ0v) is 16.4. The summed E-state index contributed by atoms with van der Waals surface area (Å²) in [7, 11) is 3.08. The number of benzene rings is 2. The number of hydrogen-bond acceptors (Lipinski definition) is 6. The lowest BCUT2D eigenvalue weighted by Gasteiger charge is -2.19. The number of carbonyl (C=O) groups is 2. The minimum Gasteiger partial charge on any atom is -0.493 e. The Morgan fingerprint density at radius 2 is 2.00 bits per heavy atom. The van der Waals surface area contributed by atoms with Crippen molar-refractivity contribution in [2.45, 2.75) is 12.8 Å². The van der Waals surface area contributed by atoms with Crippen molar-refractivity contribution >= 4 is 29.4 Å². The lowest BCUT2D eigenvalue weighted by atomic mass is 10.2. The highest BCUT2D eigenvalue weighted by atomic mass is 16.6. The lowest BCUT2D eigenvalue weighted by molar-refractivity contribution is -0.120. The van der Waals surface area contributed by atoms with Gasteiger partial charge >= 0.3 is 0 Å². The van der Waals surface area contributed by atoms with Gasteiger partial charge in [-0.25, -0.2) is 0 Å². The molecule has 1 aliphatic rings. The van der Waals surface area contributed by atoms with Gasteiger partial charge in [-0.05, 0) is 30.7 Å². The van der Waals surface area contributed by atoms with Crippen LogP contribution in [0.1, 0.15) is 18.4 Å². The van der Waals surface area contributed by atoms with E-state index in [2.05, 4.69) is 10.5 Å². The Kier molecular flexibility index (Phi) is 6.67. The predicted molar refractivity (Wildman–Crippen MR) is 110 cm³/mol. The van der Waals surface area contributed by atoms with Crippen LogP contribution in [0.15, 0.2) is 47.6 Å². The Morgan fingerprint density at radius 3 is 2.72 bits per heavy atom. The molecule has 1 aliphatic heterocycles. The molecule has 8 nitrogen and oxygen atoms in total. The zero-order chi connectivity index (χ0) is 20.6. The van der Waals surface area contributed by atoms with Gasteiger partial charge in [0.2, 0.25) is 5.91 Å². The topological polar surface area (TPSA) is 89.5 Å². The first-order valence-corrected chi connectivity index (χ1v) is 9.19. The quantitative estimate of drug-likeness (QED) is 0.547. The van der Waals surface area contributed by atoms with Crippen LogP contribution in [0.5, 0.6) is 11.5 Å². The van der Waals surface area contributed by atoms with E-state index in [0.717, 1.165) is 6.42 Å². The third-order valence-electron chi connectivity index (χ3n) is 4.44. The fourth-order valence-electron chi connectivity index (χ4n) is 3.11. The van der Waals surface area contributed by atoms with Crippen molar-refractivity contribution in [3.05, 3.63) is 48.0 Å². The highest BCUT2D eigenvalue weighted by Crippen LogP contribution is 2.30. The lowest BCUT2D eigenvalue weighted by Crippen LogP contribution is -2.26. The molecule has 1 fully saturated rings. The molecule has 0 radical (unpaired) electrons. The van der Waals surface area contributed by atoms with E-state index in [9.17, 15) is 9.59 Å². The number of para-hydroxylation sites is 3. The van der Waals surface area contributed by atoms with Crippen molar-refractivity contribution in [3.8, 4) is 11.5 Å². The third kappa shape index (κ3) is 4.84. The van der Waals surface area contributed by atoms with E-state index in [1.54, 1.807) is 42.3 Å². The molecule has 2 amide bonds. The maximum absolute atomic E-state index is 12.2. The van der Waals surface area contributed by atoms with Gasteiger partial charge in [0.25, 0.3) is 5.91 Å². The number of oxime groups is 1. The van der Waals surface area contributed by atoms with Crippen LogP contribution in [-0.4, -0.2) is 45.4 Å². The van der Waals surface area contributed by atoms with Gasteiger partial charge in [0.15, 0.2) is 18.1 Å². The molecule has 0 atom stereocenters. The Balaban J connectivity index is 1.59. The highest BCUT2D eigenvalue weighted by Gasteiger charge is 2.24. The molecule has 1 heterocycles. The van der Waals surface area contributed by atoms with Gasteiger partial charge in [0, 0.05) is 18.5 Å². The number of carbonyl (C=O) groups excluding carboxylic acids is 2. The largest absolute Gasteiger partial charge is 0.493 e. The maximum atomic E-state index is 12.2. The van der Waals surface area contributed by atoms with Gasteiger partial charge in [-0.3, -0.25) is 9.59 Å². The molecular weight excluding hydrogens is 374 g/mol. The van der Waals surface area contributed by atoms with Crippen molar-refractivity contribution in [1.82, 2.24) is 0 Å². The number of ether oxygens (including phenoxy) is 2. The molecule has 0 spiro atoms. The minimum atomic E-state index is -0.376.